The Bertz CT molecular complexity index is 791. The monoisotopic (exact) mass is 383 g/mol. The van der Waals surface area contributed by atoms with Crippen LogP contribution in [0.15, 0.2) is 47.4 Å². The average Bonchev–Trinajstić information content (AvgIpc) is 2.60. The molecule has 0 unspecified atom stereocenters. The van der Waals surface area contributed by atoms with E-state index in [9.17, 15) is 8.42 Å². The maximum atomic E-state index is 12.4. The fourth-order valence-electron chi connectivity index (χ4n) is 2.36. The number of methoxy groups -OCH3 is 1. The molecule has 2 aromatic rings. The van der Waals surface area contributed by atoms with Gasteiger partial charge in [-0.2, -0.15) is 0 Å². The standard InChI is InChI=1S/C18H22ClNO4S/c1-3-24-16-9-6-14(7-10-16)5-4-12-20-25(21,22)18-13-15(19)8-11-17(18)23-2/h6-11,13,20H,3-5,12H2,1-2H3. The average molecular weight is 384 g/mol. The molecule has 0 aromatic heterocycles. The van der Waals surface area contributed by atoms with Gasteiger partial charge in [0.15, 0.2) is 0 Å². The molecule has 0 aliphatic rings. The highest BCUT2D eigenvalue weighted by Crippen LogP contribution is 2.26. The minimum absolute atomic E-state index is 0.0450. The molecule has 0 heterocycles. The molecule has 0 aliphatic heterocycles. The lowest BCUT2D eigenvalue weighted by atomic mass is 10.1. The van der Waals surface area contributed by atoms with Gasteiger partial charge in [-0.1, -0.05) is 23.7 Å². The molecule has 0 saturated carbocycles. The first-order valence-corrected chi connectivity index (χ1v) is 9.87. The molecular formula is C18H22ClNO4S. The van der Waals surface area contributed by atoms with Gasteiger partial charge in [0.2, 0.25) is 10.0 Å². The third-order valence-electron chi connectivity index (χ3n) is 3.58. The molecule has 0 spiro atoms. The minimum Gasteiger partial charge on any atom is -0.495 e. The van der Waals surface area contributed by atoms with Crippen LogP contribution in [-0.2, 0) is 16.4 Å². The van der Waals surface area contributed by atoms with Gasteiger partial charge in [0.05, 0.1) is 13.7 Å². The number of sulfonamides is 1. The van der Waals surface area contributed by atoms with Crippen LogP contribution in [0.2, 0.25) is 5.02 Å². The van der Waals surface area contributed by atoms with Gasteiger partial charge in [-0.15, -0.1) is 0 Å². The minimum atomic E-state index is -3.67. The van der Waals surface area contributed by atoms with Crippen molar-refractivity contribution < 1.29 is 17.9 Å². The zero-order chi connectivity index (χ0) is 18.3. The Morgan fingerprint density at radius 3 is 2.48 bits per heavy atom. The summed E-state index contributed by atoms with van der Waals surface area (Å²) in [5.41, 5.74) is 1.13. The van der Waals surface area contributed by atoms with E-state index in [0.717, 1.165) is 17.7 Å². The molecule has 0 bridgehead atoms. The molecular weight excluding hydrogens is 362 g/mol. The Balaban J connectivity index is 1.91. The van der Waals surface area contributed by atoms with Crippen molar-refractivity contribution in [1.29, 1.82) is 0 Å². The maximum absolute atomic E-state index is 12.4. The van der Waals surface area contributed by atoms with Crippen molar-refractivity contribution in [3.05, 3.63) is 53.1 Å². The molecule has 7 heteroatoms. The maximum Gasteiger partial charge on any atom is 0.244 e. The van der Waals surface area contributed by atoms with E-state index in [2.05, 4.69) is 4.72 Å². The molecule has 0 amide bonds. The molecule has 5 nitrogen and oxygen atoms in total. The van der Waals surface area contributed by atoms with Crippen molar-refractivity contribution in [2.75, 3.05) is 20.3 Å². The number of hydrogen-bond donors (Lipinski definition) is 1. The van der Waals surface area contributed by atoms with Crippen LogP contribution < -0.4 is 14.2 Å². The highest BCUT2D eigenvalue weighted by atomic mass is 35.5. The summed E-state index contributed by atoms with van der Waals surface area (Å²) in [4.78, 5) is 0.0450. The second kappa shape index (κ2) is 9.08. The Hall–Kier alpha value is -1.76. The van der Waals surface area contributed by atoms with E-state index in [1.54, 1.807) is 6.07 Å². The van der Waals surface area contributed by atoms with Crippen molar-refractivity contribution in [2.24, 2.45) is 0 Å². The summed E-state index contributed by atoms with van der Waals surface area (Å²) in [6, 6.07) is 12.3. The predicted octanol–water partition coefficient (Wildman–Crippen LogP) is 3.66. The summed E-state index contributed by atoms with van der Waals surface area (Å²) >= 11 is 5.90. The number of hydrogen-bond acceptors (Lipinski definition) is 4. The van der Waals surface area contributed by atoms with Crippen LogP contribution in [0.3, 0.4) is 0 Å². The zero-order valence-electron chi connectivity index (χ0n) is 14.3. The van der Waals surface area contributed by atoms with Crippen molar-refractivity contribution in [2.45, 2.75) is 24.7 Å². The molecule has 0 fully saturated rings. The van der Waals surface area contributed by atoms with Gasteiger partial charge >= 0.3 is 0 Å². The Labute approximate surface area is 154 Å². The van der Waals surface area contributed by atoms with E-state index in [4.69, 9.17) is 21.1 Å². The summed E-state index contributed by atoms with van der Waals surface area (Å²) in [7, 11) is -2.25. The van der Waals surface area contributed by atoms with Crippen molar-refractivity contribution in [3.8, 4) is 11.5 Å². The zero-order valence-corrected chi connectivity index (χ0v) is 15.9. The van der Waals surface area contributed by atoms with E-state index in [1.807, 2.05) is 31.2 Å². The number of rotatable bonds is 9. The summed E-state index contributed by atoms with van der Waals surface area (Å²) in [5.74, 6) is 1.10. The number of ether oxygens (including phenoxy) is 2. The van der Waals surface area contributed by atoms with E-state index in [0.29, 0.717) is 24.6 Å². The van der Waals surface area contributed by atoms with Gasteiger partial charge < -0.3 is 9.47 Å². The van der Waals surface area contributed by atoms with Gasteiger partial charge in [0.25, 0.3) is 0 Å². The fraction of sp³-hybridized carbons (Fsp3) is 0.333. The van der Waals surface area contributed by atoms with Gasteiger partial charge in [-0.25, -0.2) is 13.1 Å². The van der Waals surface area contributed by atoms with E-state index < -0.39 is 10.0 Å². The van der Waals surface area contributed by atoms with Crippen LogP contribution >= 0.6 is 11.6 Å². The van der Waals surface area contributed by atoms with E-state index in [1.165, 1.54) is 19.2 Å². The summed E-state index contributed by atoms with van der Waals surface area (Å²) in [6.45, 7) is 2.90. The predicted molar refractivity (Wildman–Crippen MR) is 99.1 cm³/mol. The van der Waals surface area contributed by atoms with Gasteiger partial charge in [0, 0.05) is 11.6 Å². The third-order valence-corrected chi connectivity index (χ3v) is 5.30. The number of nitrogens with one attached hydrogen (secondary N) is 1. The summed E-state index contributed by atoms with van der Waals surface area (Å²) in [6.07, 6.45) is 1.44. The highest BCUT2D eigenvalue weighted by Gasteiger charge is 2.19. The fourth-order valence-corrected chi connectivity index (χ4v) is 3.86. The smallest absolute Gasteiger partial charge is 0.244 e. The van der Waals surface area contributed by atoms with E-state index in [-0.39, 0.29) is 10.6 Å². The molecule has 2 aromatic carbocycles. The Morgan fingerprint density at radius 2 is 1.84 bits per heavy atom. The molecule has 2 rings (SSSR count). The Morgan fingerprint density at radius 1 is 1.12 bits per heavy atom. The molecule has 136 valence electrons. The summed E-state index contributed by atoms with van der Waals surface area (Å²) in [5, 5.41) is 0.343. The lowest BCUT2D eigenvalue weighted by Crippen LogP contribution is -2.25. The van der Waals surface area contributed by atoms with Crippen LogP contribution in [0.1, 0.15) is 18.9 Å². The third kappa shape index (κ3) is 5.63. The highest BCUT2D eigenvalue weighted by molar-refractivity contribution is 7.89. The second-order valence-corrected chi connectivity index (χ2v) is 7.55. The van der Waals surface area contributed by atoms with Gasteiger partial charge in [-0.05, 0) is 55.7 Å². The van der Waals surface area contributed by atoms with Crippen LogP contribution in [0, 0.1) is 0 Å². The van der Waals surface area contributed by atoms with Crippen molar-refractivity contribution in [1.82, 2.24) is 4.72 Å². The number of benzene rings is 2. The number of aryl methyl sites for hydroxylation is 1. The van der Waals surface area contributed by atoms with Crippen LogP contribution in [0.25, 0.3) is 0 Å². The first-order valence-electron chi connectivity index (χ1n) is 8.01. The number of halogens is 1. The van der Waals surface area contributed by atoms with Crippen LogP contribution in [-0.4, -0.2) is 28.7 Å². The topological polar surface area (TPSA) is 64.6 Å². The molecule has 0 aliphatic carbocycles. The van der Waals surface area contributed by atoms with Gasteiger partial charge in [-0.3, -0.25) is 0 Å². The van der Waals surface area contributed by atoms with E-state index >= 15 is 0 Å². The van der Waals surface area contributed by atoms with Crippen LogP contribution in [0.5, 0.6) is 11.5 Å². The molecule has 25 heavy (non-hydrogen) atoms. The summed E-state index contributed by atoms with van der Waals surface area (Å²) < 4.78 is 37.9. The molecule has 1 N–H and O–H groups in total. The Kier molecular flexibility index (Phi) is 7.11. The lowest BCUT2D eigenvalue weighted by molar-refractivity contribution is 0.340. The normalized spacial score (nSPS) is 11.3. The largest absolute Gasteiger partial charge is 0.495 e. The van der Waals surface area contributed by atoms with Crippen molar-refractivity contribution in [3.63, 3.8) is 0 Å². The van der Waals surface area contributed by atoms with Crippen molar-refractivity contribution >= 4 is 21.6 Å². The molecule has 0 atom stereocenters. The molecule has 0 saturated heterocycles. The van der Waals surface area contributed by atoms with Gasteiger partial charge in [0.1, 0.15) is 16.4 Å². The van der Waals surface area contributed by atoms with Crippen LogP contribution in [0.4, 0.5) is 0 Å². The molecule has 0 radical (unpaired) electrons. The quantitative estimate of drug-likeness (QED) is 0.671. The second-order valence-electron chi connectivity index (χ2n) is 5.37. The SMILES string of the molecule is CCOc1ccc(CCCNS(=O)(=O)c2cc(Cl)ccc2OC)cc1. The first-order chi connectivity index (χ1) is 12.0. The first kappa shape index (κ1) is 19.6. The lowest BCUT2D eigenvalue weighted by Gasteiger charge is -2.11.